The quantitative estimate of drug-likeness (QED) is 0.447. The van der Waals surface area contributed by atoms with Gasteiger partial charge in [-0.25, -0.2) is 0 Å². The Morgan fingerprint density at radius 2 is 2.00 bits per heavy atom. The summed E-state index contributed by atoms with van der Waals surface area (Å²) in [5.41, 5.74) is 1.96. The van der Waals surface area contributed by atoms with E-state index in [4.69, 9.17) is 11.6 Å². The first kappa shape index (κ1) is 14.7. The van der Waals surface area contributed by atoms with E-state index in [-0.39, 0.29) is 11.2 Å². The molecule has 0 bridgehead atoms. The van der Waals surface area contributed by atoms with Gasteiger partial charge in [0.15, 0.2) is 5.78 Å². The van der Waals surface area contributed by atoms with Crippen molar-refractivity contribution in [2.24, 2.45) is 0 Å². The smallest absolute Gasteiger partial charge is 0.176 e. The van der Waals surface area contributed by atoms with Crippen LogP contribution in [-0.2, 0) is 4.79 Å². The summed E-state index contributed by atoms with van der Waals surface area (Å²) in [6.45, 7) is 4.36. The average molecular weight is 295 g/mol. The molecule has 0 heterocycles. The third-order valence-electron chi connectivity index (χ3n) is 3.10. The Morgan fingerprint density at radius 1 is 1.32 bits per heavy atom. The molecule has 1 saturated carbocycles. The summed E-state index contributed by atoms with van der Waals surface area (Å²) < 4.78 is 0. The highest BCUT2D eigenvalue weighted by atomic mass is 35.5. The normalized spacial score (nSPS) is 22.2. The molecule has 0 N–H and O–H groups in total. The SMILES string of the molecule is CC(C)Sc1ccc(C=C2CCCC(Cl)C2=O)cc1. The lowest BCUT2D eigenvalue weighted by Crippen LogP contribution is -2.21. The van der Waals surface area contributed by atoms with Crippen LogP contribution in [0.1, 0.15) is 38.7 Å². The van der Waals surface area contributed by atoms with Crippen LogP contribution in [0.15, 0.2) is 34.7 Å². The highest BCUT2D eigenvalue weighted by molar-refractivity contribution is 7.99. The number of benzene rings is 1. The van der Waals surface area contributed by atoms with Gasteiger partial charge in [0, 0.05) is 10.1 Å². The monoisotopic (exact) mass is 294 g/mol. The molecule has 1 aromatic rings. The minimum Gasteiger partial charge on any atom is -0.293 e. The Kier molecular flexibility index (Phi) is 5.12. The topological polar surface area (TPSA) is 17.1 Å². The predicted molar refractivity (Wildman–Crippen MR) is 83.9 cm³/mol. The average Bonchev–Trinajstić information content (AvgIpc) is 2.37. The number of allylic oxidation sites excluding steroid dienone is 1. The fourth-order valence-corrected chi connectivity index (χ4v) is 3.32. The van der Waals surface area contributed by atoms with Crippen molar-refractivity contribution >= 4 is 35.2 Å². The second-order valence-electron chi connectivity index (χ2n) is 5.13. The van der Waals surface area contributed by atoms with Gasteiger partial charge >= 0.3 is 0 Å². The van der Waals surface area contributed by atoms with Crippen molar-refractivity contribution in [3.05, 3.63) is 35.4 Å². The summed E-state index contributed by atoms with van der Waals surface area (Å²) in [7, 11) is 0. The van der Waals surface area contributed by atoms with Crippen LogP contribution in [0.25, 0.3) is 6.08 Å². The lowest BCUT2D eigenvalue weighted by atomic mass is 9.92. The maximum absolute atomic E-state index is 11.9. The Bertz CT molecular complexity index is 476. The van der Waals surface area contributed by atoms with Crippen molar-refractivity contribution in [2.75, 3.05) is 0 Å². The van der Waals surface area contributed by atoms with Crippen molar-refractivity contribution in [2.45, 2.75) is 48.6 Å². The van der Waals surface area contributed by atoms with Gasteiger partial charge in [-0.15, -0.1) is 23.4 Å². The molecule has 0 aromatic heterocycles. The first-order chi connectivity index (χ1) is 9.06. The number of hydrogen-bond donors (Lipinski definition) is 0. The maximum Gasteiger partial charge on any atom is 0.176 e. The molecule has 0 amide bonds. The number of ketones is 1. The van der Waals surface area contributed by atoms with E-state index in [2.05, 4.69) is 38.1 Å². The molecule has 1 aliphatic carbocycles. The van der Waals surface area contributed by atoms with Gasteiger partial charge in [0.1, 0.15) is 0 Å². The highest BCUT2D eigenvalue weighted by Gasteiger charge is 2.24. The summed E-state index contributed by atoms with van der Waals surface area (Å²) in [6.07, 6.45) is 4.65. The lowest BCUT2D eigenvalue weighted by molar-refractivity contribution is -0.116. The van der Waals surface area contributed by atoms with Gasteiger partial charge in [-0.3, -0.25) is 4.79 Å². The Balaban J connectivity index is 2.12. The summed E-state index contributed by atoms with van der Waals surface area (Å²) in [5, 5.41) is 0.261. The fourth-order valence-electron chi connectivity index (χ4n) is 2.19. The van der Waals surface area contributed by atoms with E-state index in [1.807, 2.05) is 17.8 Å². The van der Waals surface area contributed by atoms with Crippen molar-refractivity contribution in [1.29, 1.82) is 0 Å². The number of hydrogen-bond acceptors (Lipinski definition) is 2. The molecule has 2 rings (SSSR count). The zero-order valence-corrected chi connectivity index (χ0v) is 12.9. The van der Waals surface area contributed by atoms with Crippen LogP contribution in [-0.4, -0.2) is 16.4 Å². The first-order valence-corrected chi connectivity index (χ1v) is 8.03. The molecule has 1 unspecified atom stereocenters. The molecule has 0 saturated heterocycles. The second-order valence-corrected chi connectivity index (χ2v) is 7.31. The summed E-state index contributed by atoms with van der Waals surface area (Å²) in [5.74, 6) is 0.105. The number of halogens is 1. The fraction of sp³-hybridized carbons (Fsp3) is 0.438. The molecule has 19 heavy (non-hydrogen) atoms. The molecule has 0 spiro atoms. The highest BCUT2D eigenvalue weighted by Crippen LogP contribution is 2.27. The molecular weight excluding hydrogens is 276 g/mol. The van der Waals surface area contributed by atoms with E-state index < -0.39 is 0 Å². The van der Waals surface area contributed by atoms with Crippen molar-refractivity contribution in [1.82, 2.24) is 0 Å². The van der Waals surface area contributed by atoms with Crippen LogP contribution in [0.3, 0.4) is 0 Å². The largest absolute Gasteiger partial charge is 0.293 e. The molecule has 102 valence electrons. The third kappa shape index (κ3) is 4.12. The van der Waals surface area contributed by atoms with E-state index in [0.717, 1.165) is 30.4 Å². The number of carbonyl (C=O) groups is 1. The van der Waals surface area contributed by atoms with Gasteiger partial charge in [0.05, 0.1) is 5.38 Å². The molecule has 1 aliphatic rings. The zero-order chi connectivity index (χ0) is 13.8. The number of carbonyl (C=O) groups excluding carboxylic acids is 1. The van der Waals surface area contributed by atoms with Crippen LogP contribution in [0.2, 0.25) is 0 Å². The molecule has 3 heteroatoms. The third-order valence-corrected chi connectivity index (χ3v) is 4.53. The molecule has 1 fully saturated rings. The molecule has 1 atom stereocenters. The van der Waals surface area contributed by atoms with E-state index in [1.165, 1.54) is 4.90 Å². The van der Waals surface area contributed by atoms with Gasteiger partial charge in [0.25, 0.3) is 0 Å². The van der Waals surface area contributed by atoms with E-state index >= 15 is 0 Å². The zero-order valence-electron chi connectivity index (χ0n) is 11.4. The minimum atomic E-state index is -0.323. The summed E-state index contributed by atoms with van der Waals surface area (Å²) >= 11 is 7.86. The van der Waals surface area contributed by atoms with Crippen molar-refractivity contribution in [3.8, 4) is 0 Å². The molecule has 0 radical (unpaired) electrons. The Morgan fingerprint density at radius 3 is 2.63 bits per heavy atom. The van der Waals surface area contributed by atoms with Gasteiger partial charge in [-0.2, -0.15) is 0 Å². The van der Waals surface area contributed by atoms with Gasteiger partial charge in [-0.05, 0) is 48.6 Å². The Hall–Kier alpha value is -0.730. The molecule has 0 aliphatic heterocycles. The predicted octanol–water partition coefficient (Wildman–Crippen LogP) is 4.93. The van der Waals surface area contributed by atoms with E-state index in [9.17, 15) is 4.79 Å². The van der Waals surface area contributed by atoms with Crippen LogP contribution in [0, 0.1) is 0 Å². The standard InChI is InChI=1S/C16H19ClOS/c1-11(2)19-14-8-6-12(7-9-14)10-13-4-3-5-15(17)16(13)18/h6-11,15H,3-5H2,1-2H3. The number of thioether (sulfide) groups is 1. The van der Waals surface area contributed by atoms with Crippen LogP contribution >= 0.6 is 23.4 Å². The minimum absolute atomic E-state index is 0.105. The van der Waals surface area contributed by atoms with E-state index in [1.54, 1.807) is 0 Å². The van der Waals surface area contributed by atoms with Gasteiger partial charge < -0.3 is 0 Å². The van der Waals surface area contributed by atoms with Crippen molar-refractivity contribution in [3.63, 3.8) is 0 Å². The second kappa shape index (κ2) is 6.62. The molecule has 1 nitrogen and oxygen atoms in total. The van der Waals surface area contributed by atoms with Crippen LogP contribution in [0.5, 0.6) is 0 Å². The first-order valence-electron chi connectivity index (χ1n) is 6.72. The lowest BCUT2D eigenvalue weighted by Gasteiger charge is -2.17. The van der Waals surface area contributed by atoms with E-state index in [0.29, 0.717) is 5.25 Å². The molecular formula is C16H19ClOS. The van der Waals surface area contributed by atoms with Crippen molar-refractivity contribution < 1.29 is 4.79 Å². The van der Waals surface area contributed by atoms with Crippen LogP contribution < -0.4 is 0 Å². The molecule has 1 aromatic carbocycles. The number of Topliss-reactive ketones (excluding diaryl/α,β-unsaturated/α-hetero) is 1. The van der Waals surface area contributed by atoms with Gasteiger partial charge in [0.2, 0.25) is 0 Å². The van der Waals surface area contributed by atoms with Gasteiger partial charge in [-0.1, -0.05) is 26.0 Å². The number of rotatable bonds is 3. The summed E-state index contributed by atoms with van der Waals surface area (Å²) in [6, 6.07) is 8.37. The van der Waals surface area contributed by atoms with Crippen LogP contribution in [0.4, 0.5) is 0 Å². The number of alkyl halides is 1. The Labute approximate surface area is 124 Å². The summed E-state index contributed by atoms with van der Waals surface area (Å²) in [4.78, 5) is 13.2. The maximum atomic E-state index is 11.9.